The summed E-state index contributed by atoms with van der Waals surface area (Å²) in [5.41, 5.74) is 1.77. The van der Waals surface area contributed by atoms with E-state index in [0.29, 0.717) is 0 Å². The third-order valence-electron chi connectivity index (χ3n) is 3.95. The molecule has 0 fully saturated rings. The molecule has 3 atom stereocenters. The lowest BCUT2D eigenvalue weighted by molar-refractivity contribution is 0.436. The van der Waals surface area contributed by atoms with Gasteiger partial charge >= 0.3 is 0 Å². The minimum absolute atomic E-state index is 0.769. The van der Waals surface area contributed by atoms with Crippen LogP contribution >= 0.6 is 22.6 Å². The van der Waals surface area contributed by atoms with Crippen molar-refractivity contribution < 1.29 is 0 Å². The molecule has 90 valence electrons. The molecule has 2 aliphatic rings. The molecule has 0 N–H and O–H groups in total. The lowest BCUT2D eigenvalue weighted by Crippen LogP contribution is -2.13. The van der Waals surface area contributed by atoms with Crippen LogP contribution < -0.4 is 0 Å². The molecule has 0 saturated heterocycles. The summed E-state index contributed by atoms with van der Waals surface area (Å²) >= 11 is 2.58. The number of fused-ring (bicyclic) bond motifs is 1. The largest absolute Gasteiger partial charge is 0.0869 e. The second kappa shape index (κ2) is 6.23. The molecule has 0 aromatic carbocycles. The van der Waals surface area contributed by atoms with E-state index in [1.165, 1.54) is 44.9 Å². The Balaban J connectivity index is 2.06. The fourth-order valence-electron chi connectivity index (χ4n) is 2.95. The van der Waals surface area contributed by atoms with Gasteiger partial charge in [0.2, 0.25) is 0 Å². The Hall–Kier alpha value is 0.210. The SMILES string of the molecule is CC1C=C2CCCCC(I)/C=C\CC2CC1. The van der Waals surface area contributed by atoms with Crippen LogP contribution in [0.15, 0.2) is 23.8 Å². The first-order valence-electron chi connectivity index (χ1n) is 6.77. The van der Waals surface area contributed by atoms with Crippen LogP contribution in [0, 0.1) is 11.8 Å². The fourth-order valence-corrected chi connectivity index (χ4v) is 3.68. The van der Waals surface area contributed by atoms with Crippen molar-refractivity contribution in [3.8, 4) is 0 Å². The number of allylic oxidation sites excluding steroid dienone is 4. The summed E-state index contributed by atoms with van der Waals surface area (Å²) in [6, 6.07) is 0. The molecule has 0 aliphatic heterocycles. The minimum Gasteiger partial charge on any atom is -0.0869 e. The number of hydrogen-bond donors (Lipinski definition) is 0. The molecule has 2 aliphatic carbocycles. The van der Waals surface area contributed by atoms with E-state index in [1.807, 2.05) is 0 Å². The monoisotopic (exact) mass is 330 g/mol. The Morgan fingerprint density at radius 3 is 2.94 bits per heavy atom. The average Bonchev–Trinajstić information content (AvgIpc) is 2.27. The topological polar surface area (TPSA) is 0 Å². The normalized spacial score (nSPS) is 38.4. The van der Waals surface area contributed by atoms with Gasteiger partial charge in [-0.1, -0.05) is 59.7 Å². The van der Waals surface area contributed by atoms with E-state index >= 15 is 0 Å². The van der Waals surface area contributed by atoms with Gasteiger partial charge in [-0.15, -0.1) is 0 Å². The number of rotatable bonds is 0. The molecule has 0 amide bonds. The minimum atomic E-state index is 0.769. The van der Waals surface area contributed by atoms with Crippen molar-refractivity contribution in [2.75, 3.05) is 0 Å². The van der Waals surface area contributed by atoms with Crippen molar-refractivity contribution in [1.82, 2.24) is 0 Å². The summed E-state index contributed by atoms with van der Waals surface area (Å²) in [6.45, 7) is 2.37. The van der Waals surface area contributed by atoms with E-state index in [9.17, 15) is 0 Å². The molecule has 16 heavy (non-hydrogen) atoms. The highest BCUT2D eigenvalue weighted by Crippen LogP contribution is 2.34. The molecule has 0 spiro atoms. The van der Waals surface area contributed by atoms with E-state index in [4.69, 9.17) is 0 Å². The average molecular weight is 330 g/mol. The molecule has 0 radical (unpaired) electrons. The highest BCUT2D eigenvalue weighted by atomic mass is 127. The van der Waals surface area contributed by atoms with E-state index in [1.54, 1.807) is 5.57 Å². The number of halogens is 1. The van der Waals surface area contributed by atoms with Crippen LogP contribution in [0.5, 0.6) is 0 Å². The van der Waals surface area contributed by atoms with Crippen LogP contribution in [0.1, 0.15) is 51.9 Å². The van der Waals surface area contributed by atoms with Gasteiger partial charge in [0.05, 0.1) is 0 Å². The summed E-state index contributed by atoms with van der Waals surface area (Å²) in [5, 5.41) is 0. The lowest BCUT2D eigenvalue weighted by Gasteiger charge is -2.27. The quantitative estimate of drug-likeness (QED) is 0.322. The van der Waals surface area contributed by atoms with Gasteiger partial charge in [-0.05, 0) is 50.4 Å². The fraction of sp³-hybridized carbons (Fsp3) is 0.733. The van der Waals surface area contributed by atoms with Gasteiger partial charge in [-0.2, -0.15) is 0 Å². The van der Waals surface area contributed by atoms with Crippen molar-refractivity contribution in [2.24, 2.45) is 11.8 Å². The Morgan fingerprint density at radius 2 is 2.06 bits per heavy atom. The van der Waals surface area contributed by atoms with Gasteiger partial charge in [-0.3, -0.25) is 0 Å². The van der Waals surface area contributed by atoms with Crippen molar-refractivity contribution in [3.05, 3.63) is 23.8 Å². The Kier molecular flexibility index (Phi) is 4.93. The van der Waals surface area contributed by atoms with E-state index in [-0.39, 0.29) is 0 Å². The number of hydrogen-bond acceptors (Lipinski definition) is 0. The summed E-state index contributed by atoms with van der Waals surface area (Å²) in [7, 11) is 0. The second-order valence-electron chi connectivity index (χ2n) is 5.42. The molecule has 0 heterocycles. The lowest BCUT2D eigenvalue weighted by atomic mass is 9.79. The first kappa shape index (κ1) is 12.7. The zero-order valence-electron chi connectivity index (χ0n) is 10.3. The second-order valence-corrected chi connectivity index (χ2v) is 7.02. The third kappa shape index (κ3) is 3.61. The number of alkyl halides is 1. The maximum absolute atomic E-state index is 2.58. The van der Waals surface area contributed by atoms with Gasteiger partial charge in [0.25, 0.3) is 0 Å². The van der Waals surface area contributed by atoms with Crippen LogP contribution in [0.25, 0.3) is 0 Å². The van der Waals surface area contributed by atoms with Crippen LogP contribution in [0.3, 0.4) is 0 Å². The maximum Gasteiger partial charge on any atom is 0.0289 e. The predicted molar refractivity (Wildman–Crippen MR) is 80.0 cm³/mol. The molecule has 0 saturated carbocycles. The third-order valence-corrected chi connectivity index (χ3v) is 4.99. The summed E-state index contributed by atoms with van der Waals surface area (Å²) in [5.74, 6) is 1.70. The van der Waals surface area contributed by atoms with Gasteiger partial charge in [0, 0.05) is 3.92 Å². The van der Waals surface area contributed by atoms with Crippen molar-refractivity contribution >= 4 is 22.6 Å². The van der Waals surface area contributed by atoms with E-state index in [2.05, 4.69) is 47.7 Å². The molecule has 0 nitrogen and oxygen atoms in total. The van der Waals surface area contributed by atoms with Crippen LogP contribution in [0.2, 0.25) is 0 Å². The van der Waals surface area contributed by atoms with Crippen LogP contribution in [-0.4, -0.2) is 3.92 Å². The van der Waals surface area contributed by atoms with E-state index < -0.39 is 0 Å². The van der Waals surface area contributed by atoms with E-state index in [0.717, 1.165) is 15.8 Å². The predicted octanol–water partition coefficient (Wildman–Crippen LogP) is 5.28. The molecular formula is C15H23I. The highest BCUT2D eigenvalue weighted by Gasteiger charge is 2.20. The van der Waals surface area contributed by atoms with Gasteiger partial charge < -0.3 is 0 Å². The zero-order chi connectivity index (χ0) is 11.4. The summed E-state index contributed by atoms with van der Waals surface area (Å²) < 4.78 is 0.769. The molecule has 3 unspecified atom stereocenters. The standard InChI is InChI=1S/C15H23I/c1-12-9-10-13-6-4-8-15(16)7-3-2-5-14(13)11-12/h4,8,11-13,15H,2-3,5-7,9-10H2,1H3/b8-4-. The zero-order valence-corrected chi connectivity index (χ0v) is 12.4. The molecule has 0 bridgehead atoms. The highest BCUT2D eigenvalue weighted by molar-refractivity contribution is 14.1. The smallest absolute Gasteiger partial charge is 0.0289 e. The first-order chi connectivity index (χ1) is 7.75. The van der Waals surface area contributed by atoms with Crippen LogP contribution in [-0.2, 0) is 0 Å². The molecule has 0 aromatic rings. The molecular weight excluding hydrogens is 307 g/mol. The Morgan fingerprint density at radius 1 is 1.19 bits per heavy atom. The maximum atomic E-state index is 2.58. The van der Waals surface area contributed by atoms with Crippen molar-refractivity contribution in [1.29, 1.82) is 0 Å². The van der Waals surface area contributed by atoms with Gasteiger partial charge in [0.1, 0.15) is 0 Å². The summed E-state index contributed by atoms with van der Waals surface area (Å²) in [6.07, 6.45) is 17.1. The van der Waals surface area contributed by atoms with Crippen LogP contribution in [0.4, 0.5) is 0 Å². The molecule has 2 rings (SSSR count). The van der Waals surface area contributed by atoms with Crippen molar-refractivity contribution in [2.45, 2.75) is 55.8 Å². The van der Waals surface area contributed by atoms with Gasteiger partial charge in [-0.25, -0.2) is 0 Å². The van der Waals surface area contributed by atoms with Crippen molar-refractivity contribution in [3.63, 3.8) is 0 Å². The van der Waals surface area contributed by atoms with Gasteiger partial charge in [0.15, 0.2) is 0 Å². The first-order valence-corrected chi connectivity index (χ1v) is 8.01. The Bertz CT molecular complexity index is 277. The molecule has 1 heteroatoms. The molecule has 0 aromatic heterocycles. The Labute approximate surface area is 114 Å². The summed E-state index contributed by atoms with van der Waals surface area (Å²) in [4.78, 5) is 0.